The summed E-state index contributed by atoms with van der Waals surface area (Å²) < 4.78 is 11.2. The number of ether oxygens (including phenoxy) is 2. The topological polar surface area (TPSA) is 59.8 Å². The van der Waals surface area contributed by atoms with Crippen molar-refractivity contribution in [3.05, 3.63) is 12.1 Å². The Balaban J connectivity index is 1.58. The molecule has 3 rings (SSSR count). The van der Waals surface area contributed by atoms with Gasteiger partial charge in [-0.1, -0.05) is 6.92 Å². The van der Waals surface area contributed by atoms with Crippen LogP contribution in [0.3, 0.4) is 0 Å². The largest absolute Gasteiger partial charge is 0.486 e. The maximum absolute atomic E-state index is 6.10. The maximum atomic E-state index is 6.10. The van der Waals surface area contributed by atoms with Crippen molar-refractivity contribution < 1.29 is 9.47 Å². The second-order valence-corrected chi connectivity index (χ2v) is 5.84. The summed E-state index contributed by atoms with van der Waals surface area (Å²) in [6.07, 6.45) is 2.51. The molecule has 21 heavy (non-hydrogen) atoms. The van der Waals surface area contributed by atoms with Crippen LogP contribution < -0.4 is 20.5 Å². The molecular weight excluding hydrogens is 266 g/mol. The molecule has 1 saturated heterocycles. The van der Waals surface area contributed by atoms with E-state index in [1.807, 2.05) is 12.1 Å². The molecular formula is C16H25N3O2. The Morgan fingerprint density at radius 2 is 1.86 bits per heavy atom. The minimum atomic E-state index is 0.592. The first-order chi connectivity index (χ1) is 10.3. The summed E-state index contributed by atoms with van der Waals surface area (Å²) in [5.74, 6) is 2.26. The minimum Gasteiger partial charge on any atom is -0.486 e. The second kappa shape index (κ2) is 6.43. The molecule has 0 unspecified atom stereocenters. The van der Waals surface area contributed by atoms with E-state index < -0.39 is 0 Å². The van der Waals surface area contributed by atoms with E-state index in [0.29, 0.717) is 13.2 Å². The van der Waals surface area contributed by atoms with Crippen LogP contribution in [0.5, 0.6) is 11.5 Å². The van der Waals surface area contributed by atoms with Crippen LogP contribution in [-0.2, 0) is 0 Å². The molecule has 5 nitrogen and oxygen atoms in total. The molecule has 0 atom stereocenters. The Morgan fingerprint density at radius 1 is 1.19 bits per heavy atom. The predicted octanol–water partition coefficient (Wildman–Crippen LogP) is 2.18. The zero-order valence-electron chi connectivity index (χ0n) is 12.7. The van der Waals surface area contributed by atoms with Gasteiger partial charge in [-0.05, 0) is 38.4 Å². The number of nitrogens with two attached hydrogens (primary N) is 1. The number of rotatable bonds is 4. The quantitative estimate of drug-likeness (QED) is 0.833. The number of hydrogen-bond acceptors (Lipinski definition) is 5. The van der Waals surface area contributed by atoms with Crippen molar-refractivity contribution in [1.29, 1.82) is 0 Å². The number of anilines is 2. The number of likely N-dealkylation sites (tertiary alicyclic amines) is 1. The molecule has 1 fully saturated rings. The summed E-state index contributed by atoms with van der Waals surface area (Å²) in [4.78, 5) is 2.51. The van der Waals surface area contributed by atoms with Crippen LogP contribution in [0.2, 0.25) is 0 Å². The fraction of sp³-hybridized carbons (Fsp3) is 0.625. The van der Waals surface area contributed by atoms with Crippen molar-refractivity contribution in [3.63, 3.8) is 0 Å². The predicted molar refractivity (Wildman–Crippen MR) is 85.2 cm³/mol. The number of fused-ring (bicyclic) bond motifs is 1. The molecule has 0 amide bonds. The van der Waals surface area contributed by atoms with Crippen LogP contribution in [-0.4, -0.2) is 44.3 Å². The Kier molecular flexibility index (Phi) is 4.39. The Hall–Kier alpha value is -1.62. The van der Waals surface area contributed by atoms with Crippen molar-refractivity contribution in [2.45, 2.75) is 19.8 Å². The highest BCUT2D eigenvalue weighted by molar-refractivity contribution is 5.72. The first-order valence-electron chi connectivity index (χ1n) is 7.91. The summed E-state index contributed by atoms with van der Waals surface area (Å²) in [5.41, 5.74) is 7.78. The first kappa shape index (κ1) is 14.3. The number of piperidine rings is 1. The average Bonchev–Trinajstić information content (AvgIpc) is 2.53. The SMILES string of the molecule is CCN1CCC(CNc2cc3c(cc2N)OCCO3)CC1. The van der Waals surface area contributed by atoms with Gasteiger partial charge in [0.15, 0.2) is 11.5 Å². The van der Waals surface area contributed by atoms with E-state index in [-0.39, 0.29) is 0 Å². The van der Waals surface area contributed by atoms with Crippen LogP contribution in [0.15, 0.2) is 12.1 Å². The van der Waals surface area contributed by atoms with Crippen LogP contribution in [0.25, 0.3) is 0 Å². The highest BCUT2D eigenvalue weighted by Gasteiger charge is 2.19. The number of benzene rings is 1. The normalized spacial score (nSPS) is 19.5. The molecule has 2 heterocycles. The third kappa shape index (κ3) is 3.35. The van der Waals surface area contributed by atoms with Crippen molar-refractivity contribution in [3.8, 4) is 11.5 Å². The average molecular weight is 291 g/mol. The zero-order valence-corrected chi connectivity index (χ0v) is 12.7. The highest BCUT2D eigenvalue weighted by Crippen LogP contribution is 2.37. The number of nitrogens with one attached hydrogen (secondary N) is 1. The van der Waals surface area contributed by atoms with E-state index in [0.717, 1.165) is 41.9 Å². The second-order valence-electron chi connectivity index (χ2n) is 5.84. The van der Waals surface area contributed by atoms with Crippen molar-refractivity contribution >= 4 is 11.4 Å². The lowest BCUT2D eigenvalue weighted by molar-refractivity contribution is 0.172. The number of nitrogens with zero attached hydrogens (tertiary/aromatic N) is 1. The molecule has 2 aliphatic rings. The fourth-order valence-electron chi connectivity index (χ4n) is 3.02. The molecule has 0 spiro atoms. The van der Waals surface area contributed by atoms with Gasteiger partial charge in [-0.2, -0.15) is 0 Å². The third-order valence-electron chi connectivity index (χ3n) is 4.45. The van der Waals surface area contributed by atoms with Gasteiger partial charge in [-0.15, -0.1) is 0 Å². The van der Waals surface area contributed by atoms with Crippen LogP contribution in [0.1, 0.15) is 19.8 Å². The molecule has 5 heteroatoms. The van der Waals surface area contributed by atoms with Gasteiger partial charge in [0, 0.05) is 18.7 Å². The Morgan fingerprint density at radius 3 is 2.52 bits per heavy atom. The molecule has 0 aromatic heterocycles. The van der Waals surface area contributed by atoms with E-state index in [1.165, 1.54) is 25.9 Å². The smallest absolute Gasteiger partial charge is 0.163 e. The standard InChI is InChI=1S/C16H25N3O2/c1-2-19-5-3-12(4-6-19)11-18-14-10-16-15(9-13(14)17)20-7-8-21-16/h9-10,12,18H,2-8,11,17H2,1H3. The van der Waals surface area contributed by atoms with Gasteiger partial charge in [-0.25, -0.2) is 0 Å². The molecule has 3 N–H and O–H groups in total. The third-order valence-corrected chi connectivity index (χ3v) is 4.45. The monoisotopic (exact) mass is 291 g/mol. The van der Waals surface area contributed by atoms with Crippen molar-refractivity contribution in [2.24, 2.45) is 5.92 Å². The van der Waals surface area contributed by atoms with Crippen molar-refractivity contribution in [1.82, 2.24) is 4.90 Å². The van der Waals surface area contributed by atoms with Gasteiger partial charge in [0.05, 0.1) is 11.4 Å². The zero-order chi connectivity index (χ0) is 14.7. The van der Waals surface area contributed by atoms with Crippen molar-refractivity contribution in [2.75, 3.05) is 50.4 Å². The molecule has 0 bridgehead atoms. The minimum absolute atomic E-state index is 0.592. The van der Waals surface area contributed by atoms with Crippen LogP contribution in [0, 0.1) is 5.92 Å². The lowest BCUT2D eigenvalue weighted by Gasteiger charge is -2.31. The number of hydrogen-bond donors (Lipinski definition) is 2. The molecule has 0 aliphatic carbocycles. The highest BCUT2D eigenvalue weighted by atomic mass is 16.6. The van der Waals surface area contributed by atoms with Crippen LogP contribution in [0.4, 0.5) is 11.4 Å². The first-order valence-corrected chi connectivity index (χ1v) is 7.91. The molecule has 116 valence electrons. The van der Waals surface area contributed by atoms with Gasteiger partial charge in [0.2, 0.25) is 0 Å². The fourth-order valence-corrected chi connectivity index (χ4v) is 3.02. The summed E-state index contributed by atoms with van der Waals surface area (Å²) >= 11 is 0. The van der Waals surface area contributed by atoms with E-state index >= 15 is 0 Å². The molecule has 0 radical (unpaired) electrons. The van der Waals surface area contributed by atoms with Gasteiger partial charge in [0.1, 0.15) is 13.2 Å². The van der Waals surface area contributed by atoms with E-state index in [4.69, 9.17) is 15.2 Å². The van der Waals surface area contributed by atoms with Gasteiger partial charge >= 0.3 is 0 Å². The number of nitrogen functional groups attached to an aromatic ring is 1. The summed E-state index contributed by atoms with van der Waals surface area (Å²) in [7, 11) is 0. The Bertz CT molecular complexity index is 485. The lowest BCUT2D eigenvalue weighted by Crippen LogP contribution is -2.35. The van der Waals surface area contributed by atoms with E-state index in [9.17, 15) is 0 Å². The van der Waals surface area contributed by atoms with E-state index in [1.54, 1.807) is 0 Å². The molecule has 2 aliphatic heterocycles. The molecule has 0 saturated carbocycles. The Labute approximate surface area is 126 Å². The van der Waals surface area contributed by atoms with Crippen LogP contribution >= 0.6 is 0 Å². The summed E-state index contributed by atoms with van der Waals surface area (Å²) in [5, 5.41) is 3.49. The maximum Gasteiger partial charge on any atom is 0.163 e. The van der Waals surface area contributed by atoms with Gasteiger partial charge < -0.3 is 25.4 Å². The summed E-state index contributed by atoms with van der Waals surface area (Å²) in [6.45, 7) is 7.98. The van der Waals surface area contributed by atoms with Gasteiger partial charge in [0.25, 0.3) is 0 Å². The van der Waals surface area contributed by atoms with E-state index in [2.05, 4.69) is 17.1 Å². The lowest BCUT2D eigenvalue weighted by atomic mass is 9.96. The molecule has 1 aromatic carbocycles. The molecule has 1 aromatic rings. The summed E-state index contributed by atoms with van der Waals surface area (Å²) in [6, 6.07) is 3.82. The van der Waals surface area contributed by atoms with Gasteiger partial charge in [-0.3, -0.25) is 0 Å².